The number of benzene rings is 1. The summed E-state index contributed by atoms with van der Waals surface area (Å²) in [5.74, 6) is -3.02. The number of aromatic amines is 1. The van der Waals surface area contributed by atoms with Crippen molar-refractivity contribution >= 4 is 22.4 Å². The van der Waals surface area contributed by atoms with Crippen LogP contribution >= 0.6 is 0 Å². The molecule has 1 aliphatic heterocycles. The maximum Gasteiger partial charge on any atom is 0.230 e. The summed E-state index contributed by atoms with van der Waals surface area (Å²) in [4.78, 5) is 17.6. The summed E-state index contributed by atoms with van der Waals surface area (Å²) >= 11 is 0. The van der Waals surface area contributed by atoms with E-state index in [0.29, 0.717) is 11.1 Å². The Labute approximate surface area is 161 Å². The monoisotopic (exact) mass is 336 g/mol. The van der Waals surface area contributed by atoms with Gasteiger partial charge in [0.1, 0.15) is 0 Å². The Morgan fingerprint density at radius 1 is 1.46 bits per heavy atom. The Balaban J connectivity index is 1.91. The van der Waals surface area contributed by atoms with Gasteiger partial charge in [-0.15, -0.1) is 0 Å². The van der Waals surface area contributed by atoms with Crippen molar-refractivity contribution in [2.24, 2.45) is 5.92 Å². The van der Waals surface area contributed by atoms with E-state index in [9.17, 15) is 4.79 Å². The number of aromatic nitrogens is 1. The second-order valence-corrected chi connectivity index (χ2v) is 6.04. The van der Waals surface area contributed by atoms with Gasteiger partial charge in [-0.25, -0.2) is 0 Å². The zero-order valence-electron chi connectivity index (χ0n) is 25.8. The lowest BCUT2D eigenvalue weighted by atomic mass is 9.79. The van der Waals surface area contributed by atoms with E-state index >= 15 is 0 Å². The highest BCUT2D eigenvalue weighted by Gasteiger charge is 2.36. The van der Waals surface area contributed by atoms with Crippen LogP contribution < -0.4 is 0 Å². The maximum atomic E-state index is 13.8. The molecule has 0 spiro atoms. The van der Waals surface area contributed by atoms with E-state index in [-0.39, 0.29) is 11.3 Å². The summed E-state index contributed by atoms with van der Waals surface area (Å²) in [5.41, 5.74) is 2.70. The van der Waals surface area contributed by atoms with Gasteiger partial charge in [-0.2, -0.15) is 0 Å². The number of rotatable bonds is 3. The molecular weight excluding hydrogens is 298 g/mol. The fourth-order valence-electron chi connectivity index (χ4n) is 3.70. The van der Waals surface area contributed by atoms with Crippen molar-refractivity contribution < 1.29 is 22.6 Å². The predicted octanol–water partition coefficient (Wildman–Crippen LogP) is 2.91. The molecule has 4 nitrogen and oxygen atoms in total. The van der Waals surface area contributed by atoms with Crippen LogP contribution in [-0.4, -0.2) is 53.2 Å². The van der Waals surface area contributed by atoms with Gasteiger partial charge in [0.05, 0.1) is 5.92 Å². The van der Waals surface area contributed by atoms with Crippen molar-refractivity contribution in [1.29, 1.82) is 0 Å². The van der Waals surface area contributed by atoms with Gasteiger partial charge in [0.25, 0.3) is 0 Å². The first-order valence-electron chi connectivity index (χ1n) is 14.1. The minimum absolute atomic E-state index is 0.290. The molecule has 4 rings (SSSR count). The first kappa shape index (κ1) is 6.68. The summed E-state index contributed by atoms with van der Waals surface area (Å²) in [7, 11) is 0. The molecule has 0 fully saturated rings. The van der Waals surface area contributed by atoms with Gasteiger partial charge in [-0.3, -0.25) is 9.69 Å². The van der Waals surface area contributed by atoms with Crippen LogP contribution in [0, 0.1) is 5.92 Å². The van der Waals surface area contributed by atoms with Crippen LogP contribution in [0.2, 0.25) is 0 Å². The topological polar surface area (TPSA) is 39.3 Å². The lowest BCUT2D eigenvalue weighted by Crippen LogP contribution is -2.47. The Morgan fingerprint density at radius 3 is 3.12 bits per heavy atom. The van der Waals surface area contributed by atoms with Gasteiger partial charge < -0.3 is 9.88 Å². The smallest absolute Gasteiger partial charge is 0.230 e. The third kappa shape index (κ3) is 2.20. The zero-order chi connectivity index (χ0) is 27.9. The van der Waals surface area contributed by atoms with Gasteiger partial charge in [0, 0.05) is 60.5 Å². The van der Waals surface area contributed by atoms with E-state index in [2.05, 4.69) is 4.98 Å². The van der Waals surface area contributed by atoms with Gasteiger partial charge in [0.15, 0.2) is 0 Å². The van der Waals surface area contributed by atoms with Crippen molar-refractivity contribution in [3.8, 4) is 0 Å². The number of fused-ring (bicyclic) bond motifs is 2. The summed E-state index contributed by atoms with van der Waals surface area (Å²) in [6, 6.07) is 4.61. The van der Waals surface area contributed by atoms with Crippen LogP contribution in [0.3, 0.4) is 0 Å². The van der Waals surface area contributed by atoms with Gasteiger partial charge in [-0.05, 0) is 49.9 Å². The van der Waals surface area contributed by atoms with Crippen molar-refractivity contribution in [2.45, 2.75) is 26.2 Å². The third-order valence-electron chi connectivity index (χ3n) is 4.78. The fraction of sp³-hybridized carbons (Fsp3) is 0.450. The Kier molecular flexibility index (Phi) is 1.61. The lowest BCUT2D eigenvalue weighted by molar-refractivity contribution is -0.134. The molecule has 2 heterocycles. The molecule has 0 saturated heterocycles. The minimum atomic E-state index is -3.72. The van der Waals surface area contributed by atoms with Crippen molar-refractivity contribution in [1.82, 2.24) is 14.8 Å². The minimum Gasteiger partial charge on any atom is -0.361 e. The molecule has 1 aromatic carbocycles. The largest absolute Gasteiger partial charge is 0.361 e. The highest BCUT2D eigenvalue weighted by atomic mass is 16.2. The van der Waals surface area contributed by atoms with E-state index in [1.165, 1.54) is 6.08 Å². The van der Waals surface area contributed by atoms with E-state index < -0.39 is 58.1 Å². The molecule has 24 heavy (non-hydrogen) atoms. The zero-order valence-corrected chi connectivity index (χ0v) is 12.8. The number of carbonyl (C=O) groups excluding carboxylic acids is 1. The molecule has 2 aliphatic rings. The summed E-state index contributed by atoms with van der Waals surface area (Å²) in [5, 5.41) is 0.816. The number of likely N-dealkylation sites (N-methyl/N-ethyl adjacent to an activating group) is 1. The average Bonchev–Trinajstić information content (AvgIpc) is 3.14. The first-order valence-corrected chi connectivity index (χ1v) is 7.61. The predicted molar refractivity (Wildman–Crippen MR) is 97.8 cm³/mol. The molecule has 2 unspecified atom stereocenters. The van der Waals surface area contributed by atoms with E-state index in [0.717, 1.165) is 21.4 Å². The third-order valence-corrected chi connectivity index (χ3v) is 4.78. The molecule has 2 atom stereocenters. The molecule has 1 aliphatic carbocycles. The van der Waals surface area contributed by atoms with Crippen LogP contribution in [0.4, 0.5) is 0 Å². The van der Waals surface area contributed by atoms with Crippen molar-refractivity contribution in [2.75, 3.05) is 26.5 Å². The lowest BCUT2D eigenvalue weighted by Gasteiger charge is -2.40. The Bertz CT molecular complexity index is 1230. The number of H-pyrrole nitrogens is 1. The highest BCUT2D eigenvalue weighted by Crippen LogP contribution is 2.40. The Morgan fingerprint density at radius 2 is 2.33 bits per heavy atom. The van der Waals surface area contributed by atoms with Gasteiger partial charge in [0.2, 0.25) is 5.91 Å². The molecule has 0 radical (unpaired) electrons. The standard InChI is InChI=1S/C20H25N3O/c1-4-23(5-2)20(24)14-9-16-15-7-6-8-17-19(15)13(11-21-17)10-18(16)22(3)12-14/h6-9,11,14,18,21H,4-5,10,12H2,1-3H3/i1D3,2D3,3D3,4D2,5D2. The molecule has 0 bridgehead atoms. The second kappa shape index (κ2) is 5.78. The van der Waals surface area contributed by atoms with Gasteiger partial charge in [-0.1, -0.05) is 18.2 Å². The average molecular weight is 337 g/mol. The molecule has 126 valence electrons. The van der Waals surface area contributed by atoms with E-state index in [1.54, 1.807) is 18.3 Å². The molecule has 0 saturated carbocycles. The van der Waals surface area contributed by atoms with Crippen LogP contribution in [0.1, 0.15) is 42.7 Å². The molecule has 2 aromatic rings. The van der Waals surface area contributed by atoms with Gasteiger partial charge >= 0.3 is 0 Å². The van der Waals surface area contributed by atoms with Crippen LogP contribution in [-0.2, 0) is 11.2 Å². The molecular formula is C20H25N3O. The van der Waals surface area contributed by atoms with Crippen LogP contribution in [0.15, 0.2) is 30.5 Å². The first-order chi connectivity index (χ1) is 16.7. The van der Waals surface area contributed by atoms with Crippen LogP contribution in [0.25, 0.3) is 16.5 Å². The Hall–Kier alpha value is -2.07. The summed E-state index contributed by atoms with van der Waals surface area (Å²) in [6.07, 6.45) is 3.45. The fourth-order valence-corrected chi connectivity index (χ4v) is 3.70. The SMILES string of the molecule is [2H]C([2H])([2H])N1CC(C(=O)N(C([2H])([2H])C([2H])([2H])[2H])C([2H])([2H])C([2H])([2H])[2H])C=C2c3cccc4[nH]cc(c34)CC21. The number of carbonyl (C=O) groups is 1. The summed E-state index contributed by atoms with van der Waals surface area (Å²) in [6.45, 7) is -17.9. The number of amides is 1. The number of hydrogen-bond acceptors (Lipinski definition) is 2. The summed E-state index contributed by atoms with van der Waals surface area (Å²) < 4.78 is 102. The van der Waals surface area contributed by atoms with Crippen molar-refractivity contribution in [3.05, 3.63) is 41.6 Å². The van der Waals surface area contributed by atoms with E-state index in [4.69, 9.17) is 17.8 Å². The molecule has 1 N–H and O–H groups in total. The maximum absolute atomic E-state index is 13.8. The second-order valence-electron chi connectivity index (χ2n) is 6.04. The quantitative estimate of drug-likeness (QED) is 0.936. The number of nitrogens with one attached hydrogen (secondary N) is 1. The van der Waals surface area contributed by atoms with Crippen molar-refractivity contribution in [3.63, 3.8) is 0 Å². The van der Waals surface area contributed by atoms with Crippen LogP contribution in [0.5, 0.6) is 0 Å². The molecule has 1 amide bonds. The molecule has 1 aromatic heterocycles. The van der Waals surface area contributed by atoms with E-state index in [1.807, 2.05) is 6.07 Å². The molecule has 4 heteroatoms. The number of hydrogen-bond donors (Lipinski definition) is 1. The number of nitrogens with zero attached hydrogens (tertiary/aromatic N) is 2. The normalized spacial score (nSPS) is 33.8. The highest BCUT2D eigenvalue weighted by molar-refractivity contribution is 5.99.